The van der Waals surface area contributed by atoms with Gasteiger partial charge in [-0.2, -0.15) is 0 Å². The van der Waals surface area contributed by atoms with Crippen LogP contribution in [-0.4, -0.2) is 44.1 Å². The molecule has 0 saturated carbocycles. The minimum absolute atomic E-state index is 0.00513. The summed E-state index contributed by atoms with van der Waals surface area (Å²) in [6, 6.07) is 7.98. The van der Waals surface area contributed by atoms with Crippen molar-refractivity contribution in [3.05, 3.63) is 29.8 Å². The Bertz CT molecular complexity index is 508. The average Bonchev–Trinajstić information content (AvgIpc) is 2.93. The van der Waals surface area contributed by atoms with Crippen LogP contribution in [0.3, 0.4) is 0 Å². The van der Waals surface area contributed by atoms with Gasteiger partial charge >= 0.3 is 0 Å². The maximum absolute atomic E-state index is 12.3. The van der Waals surface area contributed by atoms with Crippen molar-refractivity contribution in [3.8, 4) is 5.75 Å². The molecule has 4 heteroatoms. The number of carbonyl (C=O) groups excluding carboxylic acids is 1. The molecule has 1 aliphatic heterocycles. The minimum atomic E-state index is 0.00513. The van der Waals surface area contributed by atoms with Gasteiger partial charge in [0, 0.05) is 13.1 Å². The normalized spacial score (nSPS) is 18.5. The zero-order valence-corrected chi connectivity index (χ0v) is 14.2. The number of para-hydroxylation sites is 1. The molecule has 1 heterocycles. The van der Waals surface area contributed by atoms with Gasteiger partial charge in [-0.05, 0) is 43.0 Å². The highest BCUT2D eigenvalue weighted by atomic mass is 16.5. The van der Waals surface area contributed by atoms with Gasteiger partial charge in [0.15, 0.2) is 6.61 Å². The number of nitrogens with one attached hydrogen (secondary N) is 1. The molecule has 0 unspecified atom stereocenters. The fourth-order valence-corrected chi connectivity index (χ4v) is 2.96. The Morgan fingerprint density at radius 3 is 2.77 bits per heavy atom. The molecule has 0 spiro atoms. The molecule has 1 amide bonds. The molecule has 1 saturated heterocycles. The van der Waals surface area contributed by atoms with Gasteiger partial charge in [0.25, 0.3) is 5.91 Å². The largest absolute Gasteiger partial charge is 0.483 e. The maximum atomic E-state index is 12.3. The monoisotopic (exact) mass is 304 g/mol. The Hall–Kier alpha value is -1.55. The number of rotatable bonds is 5. The highest BCUT2D eigenvalue weighted by molar-refractivity contribution is 5.78. The molecule has 1 N–H and O–H groups in total. The van der Waals surface area contributed by atoms with Crippen molar-refractivity contribution in [1.29, 1.82) is 0 Å². The second-order valence-electron chi connectivity index (χ2n) is 7.09. The third-order valence-corrected chi connectivity index (χ3v) is 4.18. The summed E-state index contributed by atoms with van der Waals surface area (Å²) in [6.07, 6.45) is 1.07. The summed E-state index contributed by atoms with van der Waals surface area (Å²) in [5.41, 5.74) is 1.14. The van der Waals surface area contributed by atoms with Gasteiger partial charge in [-0.15, -0.1) is 0 Å². The van der Waals surface area contributed by atoms with Crippen molar-refractivity contribution >= 4 is 5.91 Å². The Balaban J connectivity index is 1.92. The first-order valence-electron chi connectivity index (χ1n) is 8.06. The van der Waals surface area contributed by atoms with Crippen molar-refractivity contribution in [2.75, 3.05) is 33.3 Å². The van der Waals surface area contributed by atoms with Crippen LogP contribution in [0.2, 0.25) is 0 Å². The average molecular weight is 304 g/mol. The first kappa shape index (κ1) is 16.8. The predicted octanol–water partition coefficient (Wildman–Crippen LogP) is 2.43. The molecule has 2 rings (SSSR count). The number of carbonyl (C=O) groups is 1. The molecule has 1 atom stereocenters. The van der Waals surface area contributed by atoms with Gasteiger partial charge in [0.2, 0.25) is 0 Å². The van der Waals surface area contributed by atoms with Gasteiger partial charge in [-0.3, -0.25) is 4.79 Å². The number of benzene rings is 1. The molecule has 1 aromatic rings. The summed E-state index contributed by atoms with van der Waals surface area (Å²) in [5.74, 6) is 1.47. The lowest BCUT2D eigenvalue weighted by Crippen LogP contribution is -2.34. The van der Waals surface area contributed by atoms with Crippen LogP contribution >= 0.6 is 0 Å². The van der Waals surface area contributed by atoms with Crippen LogP contribution in [0.25, 0.3) is 0 Å². The van der Waals surface area contributed by atoms with Gasteiger partial charge < -0.3 is 15.0 Å². The summed E-state index contributed by atoms with van der Waals surface area (Å²) in [7, 11) is 1.96. The quantitative estimate of drug-likeness (QED) is 0.908. The third-order valence-electron chi connectivity index (χ3n) is 4.18. The highest BCUT2D eigenvalue weighted by Crippen LogP contribution is 2.31. The summed E-state index contributed by atoms with van der Waals surface area (Å²) >= 11 is 0. The summed E-state index contributed by atoms with van der Waals surface area (Å²) in [4.78, 5) is 14.2. The number of ether oxygens (including phenoxy) is 1. The molecular formula is C18H28N2O2. The Morgan fingerprint density at radius 1 is 1.36 bits per heavy atom. The van der Waals surface area contributed by atoms with Crippen LogP contribution in [0.4, 0.5) is 0 Å². The summed E-state index contributed by atoms with van der Waals surface area (Å²) in [6.45, 7) is 9.23. The molecule has 1 aliphatic rings. The number of hydrogen-bond donors (Lipinski definition) is 1. The molecule has 0 aliphatic carbocycles. The maximum Gasteiger partial charge on any atom is 0.260 e. The van der Waals surface area contributed by atoms with Crippen LogP contribution < -0.4 is 10.1 Å². The first-order valence-corrected chi connectivity index (χ1v) is 8.06. The van der Waals surface area contributed by atoms with Crippen LogP contribution in [0.5, 0.6) is 5.75 Å². The minimum Gasteiger partial charge on any atom is -0.483 e. The van der Waals surface area contributed by atoms with E-state index in [-0.39, 0.29) is 17.9 Å². The van der Waals surface area contributed by atoms with Crippen LogP contribution in [0.15, 0.2) is 24.3 Å². The lowest BCUT2D eigenvalue weighted by atomic mass is 9.86. The molecular weight excluding hydrogens is 276 g/mol. The van der Waals surface area contributed by atoms with Gasteiger partial charge in [0.05, 0.1) is 0 Å². The molecule has 22 heavy (non-hydrogen) atoms. The predicted molar refractivity (Wildman–Crippen MR) is 89.3 cm³/mol. The van der Waals surface area contributed by atoms with E-state index in [0.29, 0.717) is 5.92 Å². The first-order chi connectivity index (χ1) is 10.4. The Morgan fingerprint density at radius 2 is 2.09 bits per heavy atom. The van der Waals surface area contributed by atoms with Crippen molar-refractivity contribution in [1.82, 2.24) is 10.2 Å². The van der Waals surface area contributed by atoms with Crippen molar-refractivity contribution in [2.24, 2.45) is 5.92 Å². The van der Waals surface area contributed by atoms with Crippen molar-refractivity contribution in [3.63, 3.8) is 0 Å². The van der Waals surface area contributed by atoms with Gasteiger partial charge in [0.1, 0.15) is 5.75 Å². The fraction of sp³-hybridized carbons (Fsp3) is 0.611. The van der Waals surface area contributed by atoms with E-state index in [2.05, 4.69) is 32.2 Å². The van der Waals surface area contributed by atoms with Gasteiger partial charge in [-0.25, -0.2) is 0 Å². The molecule has 0 aromatic heterocycles. The zero-order chi connectivity index (χ0) is 16.2. The van der Waals surface area contributed by atoms with Crippen molar-refractivity contribution in [2.45, 2.75) is 32.6 Å². The Kier molecular flexibility index (Phi) is 5.46. The smallest absolute Gasteiger partial charge is 0.260 e. The molecule has 1 fully saturated rings. The van der Waals surface area contributed by atoms with Crippen LogP contribution in [0.1, 0.15) is 32.8 Å². The second kappa shape index (κ2) is 7.14. The number of likely N-dealkylation sites (tertiary alicyclic amines) is 1. The Labute approximate surface area is 133 Å². The lowest BCUT2D eigenvalue weighted by Gasteiger charge is -2.23. The van der Waals surface area contributed by atoms with Crippen molar-refractivity contribution < 1.29 is 9.53 Å². The number of nitrogens with zero attached hydrogens (tertiary/aromatic N) is 1. The SMILES string of the molecule is CNC[C@@H]1CCN(C(=O)COc2ccccc2C(C)(C)C)C1. The second-order valence-corrected chi connectivity index (χ2v) is 7.09. The molecule has 122 valence electrons. The van der Waals surface area contributed by atoms with E-state index in [1.807, 2.05) is 30.1 Å². The van der Waals surface area contributed by atoms with Crippen LogP contribution in [0, 0.1) is 5.92 Å². The zero-order valence-electron chi connectivity index (χ0n) is 14.2. The molecule has 4 nitrogen and oxygen atoms in total. The summed E-state index contributed by atoms with van der Waals surface area (Å²) in [5, 5.41) is 3.18. The number of amides is 1. The summed E-state index contributed by atoms with van der Waals surface area (Å²) < 4.78 is 5.83. The lowest BCUT2D eigenvalue weighted by molar-refractivity contribution is -0.132. The van der Waals surface area contributed by atoms with E-state index in [1.165, 1.54) is 0 Å². The van der Waals surface area contributed by atoms with E-state index in [4.69, 9.17) is 4.74 Å². The van der Waals surface area contributed by atoms with Crippen LogP contribution in [-0.2, 0) is 10.2 Å². The highest BCUT2D eigenvalue weighted by Gasteiger charge is 2.26. The van der Waals surface area contributed by atoms with E-state index in [9.17, 15) is 4.79 Å². The van der Waals surface area contributed by atoms with E-state index in [0.717, 1.165) is 37.4 Å². The fourth-order valence-electron chi connectivity index (χ4n) is 2.96. The molecule has 1 aromatic carbocycles. The van der Waals surface area contributed by atoms with E-state index in [1.54, 1.807) is 0 Å². The molecule has 0 bridgehead atoms. The number of hydrogen-bond acceptors (Lipinski definition) is 3. The van der Waals surface area contributed by atoms with Gasteiger partial charge in [-0.1, -0.05) is 39.0 Å². The molecule has 0 radical (unpaired) electrons. The standard InChI is InChI=1S/C18H28N2O2/c1-18(2,3)15-7-5-6-8-16(15)22-13-17(21)20-10-9-14(12-20)11-19-4/h5-8,14,19H,9-13H2,1-4H3/t14-/m0/s1. The third kappa shape index (κ3) is 4.23. The topological polar surface area (TPSA) is 41.6 Å². The van der Waals surface area contributed by atoms with E-state index < -0.39 is 0 Å². The van der Waals surface area contributed by atoms with E-state index >= 15 is 0 Å².